The average molecular weight is 389 g/mol. The molecule has 0 saturated carbocycles. The highest BCUT2D eigenvalue weighted by molar-refractivity contribution is 6.17. The molecule has 2 heterocycles. The van der Waals surface area contributed by atoms with Crippen LogP contribution in [0.25, 0.3) is 22.1 Å². The van der Waals surface area contributed by atoms with E-state index in [-0.39, 0.29) is 0 Å². The van der Waals surface area contributed by atoms with Gasteiger partial charge in [0.2, 0.25) is 0 Å². The minimum atomic E-state index is 0.463. The van der Waals surface area contributed by atoms with Crippen molar-refractivity contribution in [1.82, 2.24) is 19.1 Å². The predicted molar refractivity (Wildman–Crippen MR) is 110 cm³/mol. The molecule has 0 amide bonds. The molecule has 0 spiro atoms. The van der Waals surface area contributed by atoms with Crippen LogP contribution in [0.15, 0.2) is 36.4 Å². The van der Waals surface area contributed by atoms with E-state index in [2.05, 4.69) is 54.1 Å². The number of aromatic nitrogens is 4. The van der Waals surface area contributed by atoms with Crippen LogP contribution in [0.1, 0.15) is 22.8 Å². The molecule has 26 heavy (non-hydrogen) atoms. The summed E-state index contributed by atoms with van der Waals surface area (Å²) in [7, 11) is 3.98. The third-order valence-corrected chi connectivity index (χ3v) is 4.98. The molecule has 2 aromatic heterocycles. The summed E-state index contributed by atoms with van der Waals surface area (Å²) in [5.74, 6) is 2.76. The number of aryl methyl sites for hydroxylation is 4. The monoisotopic (exact) mass is 388 g/mol. The molecule has 0 radical (unpaired) electrons. The highest BCUT2D eigenvalue weighted by Crippen LogP contribution is 2.18. The smallest absolute Gasteiger partial charge is 0.124 e. The molecule has 0 saturated heterocycles. The second-order valence-electron chi connectivity index (χ2n) is 6.43. The maximum Gasteiger partial charge on any atom is 0.124 e. The number of rotatable bonds is 2. The van der Waals surface area contributed by atoms with E-state index in [4.69, 9.17) is 23.2 Å². The normalized spacial score (nSPS) is 11.0. The van der Waals surface area contributed by atoms with Crippen LogP contribution < -0.4 is 0 Å². The van der Waals surface area contributed by atoms with Crippen molar-refractivity contribution in [3.05, 3.63) is 59.2 Å². The highest BCUT2D eigenvalue weighted by atomic mass is 35.5. The topological polar surface area (TPSA) is 35.6 Å². The number of nitrogens with zero attached hydrogens (tertiary/aromatic N) is 4. The summed E-state index contributed by atoms with van der Waals surface area (Å²) in [6.07, 6.45) is 0. The Bertz CT molecular complexity index is 1060. The van der Waals surface area contributed by atoms with Crippen molar-refractivity contribution < 1.29 is 0 Å². The maximum absolute atomic E-state index is 5.76. The molecule has 4 aromatic rings. The lowest BCUT2D eigenvalue weighted by Gasteiger charge is -1.97. The third kappa shape index (κ3) is 3.57. The van der Waals surface area contributed by atoms with Crippen LogP contribution in [0.2, 0.25) is 0 Å². The van der Waals surface area contributed by atoms with Gasteiger partial charge in [0.25, 0.3) is 0 Å². The summed E-state index contributed by atoms with van der Waals surface area (Å²) < 4.78 is 4.07. The fourth-order valence-electron chi connectivity index (χ4n) is 2.95. The number of benzene rings is 2. The molecule has 4 rings (SSSR count). The number of halogens is 2. The summed E-state index contributed by atoms with van der Waals surface area (Å²) in [5, 5.41) is 0. The molecule has 0 aliphatic heterocycles. The Morgan fingerprint density at radius 3 is 1.92 bits per heavy atom. The van der Waals surface area contributed by atoms with Crippen molar-refractivity contribution in [2.45, 2.75) is 25.6 Å². The van der Waals surface area contributed by atoms with E-state index >= 15 is 0 Å². The lowest BCUT2D eigenvalue weighted by atomic mass is 10.2. The van der Waals surface area contributed by atoms with Gasteiger partial charge >= 0.3 is 0 Å². The zero-order valence-electron chi connectivity index (χ0n) is 15.4. The van der Waals surface area contributed by atoms with E-state index in [1.165, 1.54) is 11.1 Å². The Balaban J connectivity index is 0.000000151. The molecular formula is C20H22Cl2N4. The van der Waals surface area contributed by atoms with Crippen molar-refractivity contribution in [3.8, 4) is 0 Å². The SMILES string of the molecule is Cc1ccc2c(c1)nc(CCl)n2C.Cc1ccc2nc(CCl)n(C)c2c1. The Hall–Kier alpha value is -2.04. The fourth-order valence-corrected chi connectivity index (χ4v) is 3.43. The minimum absolute atomic E-state index is 0.463. The van der Waals surface area contributed by atoms with Gasteiger partial charge in [0.15, 0.2) is 0 Å². The van der Waals surface area contributed by atoms with Crippen LogP contribution in [-0.4, -0.2) is 19.1 Å². The Morgan fingerprint density at radius 1 is 0.731 bits per heavy atom. The zero-order valence-corrected chi connectivity index (χ0v) is 16.9. The van der Waals surface area contributed by atoms with Gasteiger partial charge in [-0.3, -0.25) is 0 Å². The quantitative estimate of drug-likeness (QED) is 0.440. The maximum atomic E-state index is 5.76. The predicted octanol–water partition coefficient (Wildman–Crippen LogP) is 5.24. The number of hydrogen-bond donors (Lipinski definition) is 0. The molecule has 0 aliphatic rings. The summed E-state index contributed by atoms with van der Waals surface area (Å²) in [6, 6.07) is 12.5. The molecule has 4 nitrogen and oxygen atoms in total. The molecule has 2 aromatic carbocycles. The van der Waals surface area contributed by atoms with Crippen LogP contribution in [-0.2, 0) is 25.9 Å². The third-order valence-electron chi connectivity index (χ3n) is 4.50. The van der Waals surface area contributed by atoms with E-state index in [0.717, 1.165) is 33.7 Å². The van der Waals surface area contributed by atoms with Crippen LogP contribution in [0.4, 0.5) is 0 Å². The van der Waals surface area contributed by atoms with Crippen molar-refractivity contribution in [3.63, 3.8) is 0 Å². The zero-order chi connectivity index (χ0) is 18.8. The van der Waals surface area contributed by atoms with Gasteiger partial charge in [-0.1, -0.05) is 12.1 Å². The van der Waals surface area contributed by atoms with Crippen molar-refractivity contribution in [1.29, 1.82) is 0 Å². The molecule has 136 valence electrons. The molecular weight excluding hydrogens is 367 g/mol. The number of hydrogen-bond acceptors (Lipinski definition) is 2. The van der Waals surface area contributed by atoms with Gasteiger partial charge in [-0.05, 0) is 49.2 Å². The van der Waals surface area contributed by atoms with Crippen molar-refractivity contribution in [2.24, 2.45) is 14.1 Å². The first kappa shape index (κ1) is 18.7. The van der Waals surface area contributed by atoms with E-state index in [1.54, 1.807) is 0 Å². The lowest BCUT2D eigenvalue weighted by molar-refractivity contribution is 0.873. The molecule has 0 unspecified atom stereocenters. The lowest BCUT2D eigenvalue weighted by Crippen LogP contribution is -1.93. The Kier molecular flexibility index (Phi) is 5.54. The number of alkyl halides is 2. The summed E-state index contributed by atoms with van der Waals surface area (Å²) >= 11 is 11.5. The summed E-state index contributed by atoms with van der Waals surface area (Å²) in [6.45, 7) is 4.14. The van der Waals surface area contributed by atoms with E-state index in [0.29, 0.717) is 11.8 Å². The second-order valence-corrected chi connectivity index (χ2v) is 6.96. The average Bonchev–Trinajstić information content (AvgIpc) is 3.12. The summed E-state index contributed by atoms with van der Waals surface area (Å²) in [5.41, 5.74) is 6.81. The molecule has 0 aliphatic carbocycles. The van der Waals surface area contributed by atoms with Gasteiger partial charge in [0, 0.05) is 14.1 Å². The van der Waals surface area contributed by atoms with Crippen LogP contribution in [0.5, 0.6) is 0 Å². The molecule has 0 atom stereocenters. The van der Waals surface area contributed by atoms with Gasteiger partial charge in [0.1, 0.15) is 11.6 Å². The van der Waals surface area contributed by atoms with Crippen molar-refractivity contribution >= 4 is 45.3 Å². The van der Waals surface area contributed by atoms with E-state index < -0.39 is 0 Å². The fraction of sp³-hybridized carbons (Fsp3) is 0.300. The van der Waals surface area contributed by atoms with Gasteiger partial charge in [-0.2, -0.15) is 0 Å². The highest BCUT2D eigenvalue weighted by Gasteiger charge is 2.06. The van der Waals surface area contributed by atoms with Gasteiger partial charge in [-0.25, -0.2) is 9.97 Å². The van der Waals surface area contributed by atoms with Crippen LogP contribution >= 0.6 is 23.2 Å². The number of fused-ring (bicyclic) bond motifs is 2. The first-order valence-corrected chi connectivity index (χ1v) is 9.47. The Morgan fingerprint density at radius 2 is 1.27 bits per heavy atom. The van der Waals surface area contributed by atoms with Gasteiger partial charge in [-0.15, -0.1) is 23.2 Å². The van der Waals surface area contributed by atoms with Gasteiger partial charge in [0.05, 0.1) is 33.8 Å². The largest absolute Gasteiger partial charge is 0.330 e. The van der Waals surface area contributed by atoms with E-state index in [1.807, 2.05) is 29.3 Å². The van der Waals surface area contributed by atoms with Crippen LogP contribution in [0, 0.1) is 13.8 Å². The van der Waals surface area contributed by atoms with E-state index in [9.17, 15) is 0 Å². The van der Waals surface area contributed by atoms with Crippen molar-refractivity contribution in [2.75, 3.05) is 0 Å². The standard InChI is InChI=1S/2C10H11ClN2/c1-7-3-4-9-8(5-7)12-10(6-11)13(9)2;1-7-3-4-8-9(5-7)13(2)10(6-11)12-8/h2*3-5H,6H2,1-2H3. The molecule has 0 N–H and O–H groups in total. The molecule has 0 fully saturated rings. The molecule has 6 heteroatoms. The number of imidazole rings is 2. The van der Waals surface area contributed by atoms with Gasteiger partial charge < -0.3 is 9.13 Å². The molecule has 0 bridgehead atoms. The summed E-state index contributed by atoms with van der Waals surface area (Å²) in [4.78, 5) is 8.83. The second kappa shape index (κ2) is 7.68. The minimum Gasteiger partial charge on any atom is -0.330 e. The first-order valence-electron chi connectivity index (χ1n) is 8.40. The first-order chi connectivity index (χ1) is 12.4. The van der Waals surface area contributed by atoms with Crippen LogP contribution in [0.3, 0.4) is 0 Å². The Labute approximate surface area is 163 Å².